The molecule has 1 aliphatic carbocycles. The molecule has 1 amide bonds. The van der Waals surface area contributed by atoms with Crippen LogP contribution in [0.15, 0.2) is 18.2 Å². The van der Waals surface area contributed by atoms with Gasteiger partial charge in [0.1, 0.15) is 11.6 Å². The van der Waals surface area contributed by atoms with E-state index in [0.29, 0.717) is 17.3 Å². The summed E-state index contributed by atoms with van der Waals surface area (Å²) >= 11 is 3.51. The van der Waals surface area contributed by atoms with E-state index < -0.39 is 5.82 Å². The summed E-state index contributed by atoms with van der Waals surface area (Å²) in [6.45, 7) is 0.664. The molecule has 0 unspecified atom stereocenters. The summed E-state index contributed by atoms with van der Waals surface area (Å²) in [6.07, 6.45) is 2.13. The third-order valence-corrected chi connectivity index (χ3v) is 3.99. The summed E-state index contributed by atoms with van der Waals surface area (Å²) in [5, 5.41) is 9.56. The summed E-state index contributed by atoms with van der Waals surface area (Å²) in [4.78, 5) is 14.2. The highest BCUT2D eigenvalue weighted by atomic mass is 79.9. The van der Waals surface area contributed by atoms with Gasteiger partial charge >= 0.3 is 0 Å². The predicted octanol–water partition coefficient (Wildman–Crippen LogP) is 2.78. The van der Waals surface area contributed by atoms with E-state index in [0.717, 1.165) is 18.9 Å². The number of halogens is 2. The van der Waals surface area contributed by atoms with E-state index in [9.17, 15) is 14.3 Å². The zero-order valence-electron chi connectivity index (χ0n) is 10.1. The minimum Gasteiger partial charge on any atom is -0.507 e. The van der Waals surface area contributed by atoms with Crippen molar-refractivity contribution >= 4 is 21.8 Å². The summed E-state index contributed by atoms with van der Waals surface area (Å²) in [5.41, 5.74) is 0.147. The SMILES string of the molecule is CN(CC1CC(Br)C1)C(=O)c1ccc(F)cc1O. The van der Waals surface area contributed by atoms with Crippen LogP contribution in [0, 0.1) is 11.7 Å². The Morgan fingerprint density at radius 2 is 2.22 bits per heavy atom. The van der Waals surface area contributed by atoms with Gasteiger partial charge in [0, 0.05) is 24.5 Å². The molecule has 98 valence electrons. The Morgan fingerprint density at radius 1 is 1.56 bits per heavy atom. The molecule has 0 spiro atoms. The van der Waals surface area contributed by atoms with Gasteiger partial charge in [0.15, 0.2) is 0 Å². The van der Waals surface area contributed by atoms with Gasteiger partial charge in [-0.2, -0.15) is 0 Å². The number of benzene rings is 1. The van der Waals surface area contributed by atoms with Crippen LogP contribution in [-0.2, 0) is 0 Å². The predicted molar refractivity (Wildman–Crippen MR) is 70.5 cm³/mol. The van der Waals surface area contributed by atoms with E-state index in [4.69, 9.17) is 0 Å². The first kappa shape index (κ1) is 13.3. The van der Waals surface area contributed by atoms with Crippen molar-refractivity contribution in [2.24, 2.45) is 5.92 Å². The van der Waals surface area contributed by atoms with Crippen LogP contribution in [0.5, 0.6) is 5.75 Å². The number of carbonyl (C=O) groups is 1. The van der Waals surface area contributed by atoms with E-state index in [1.807, 2.05) is 0 Å². The molecular weight excluding hydrogens is 301 g/mol. The lowest BCUT2D eigenvalue weighted by molar-refractivity contribution is 0.0745. The van der Waals surface area contributed by atoms with Crippen LogP contribution in [-0.4, -0.2) is 34.3 Å². The highest BCUT2D eigenvalue weighted by molar-refractivity contribution is 9.09. The van der Waals surface area contributed by atoms with Crippen LogP contribution in [0.25, 0.3) is 0 Å². The van der Waals surface area contributed by atoms with Gasteiger partial charge in [-0.25, -0.2) is 4.39 Å². The fourth-order valence-corrected chi connectivity index (χ4v) is 3.22. The molecule has 1 aromatic rings. The number of hydrogen-bond acceptors (Lipinski definition) is 2. The van der Waals surface area contributed by atoms with Crippen molar-refractivity contribution in [2.75, 3.05) is 13.6 Å². The molecule has 0 atom stereocenters. The molecule has 0 bridgehead atoms. The van der Waals surface area contributed by atoms with Crippen molar-refractivity contribution in [2.45, 2.75) is 17.7 Å². The van der Waals surface area contributed by atoms with Gasteiger partial charge < -0.3 is 10.0 Å². The van der Waals surface area contributed by atoms with Crippen molar-refractivity contribution < 1.29 is 14.3 Å². The molecule has 1 aromatic carbocycles. The largest absolute Gasteiger partial charge is 0.507 e. The first-order valence-electron chi connectivity index (χ1n) is 5.85. The maximum Gasteiger partial charge on any atom is 0.257 e. The van der Waals surface area contributed by atoms with Gasteiger partial charge in [-0.15, -0.1) is 0 Å². The van der Waals surface area contributed by atoms with Crippen LogP contribution in [0.1, 0.15) is 23.2 Å². The molecule has 1 saturated carbocycles. The summed E-state index contributed by atoms with van der Waals surface area (Å²) in [5.74, 6) is -0.622. The number of alkyl halides is 1. The second-order valence-electron chi connectivity index (χ2n) is 4.78. The quantitative estimate of drug-likeness (QED) is 0.871. The third-order valence-electron chi connectivity index (χ3n) is 3.25. The van der Waals surface area contributed by atoms with Crippen molar-refractivity contribution in [3.63, 3.8) is 0 Å². The second kappa shape index (κ2) is 5.26. The number of carbonyl (C=O) groups excluding carboxylic acids is 1. The Bertz CT molecular complexity index is 460. The molecule has 1 aliphatic rings. The number of amides is 1. The van der Waals surface area contributed by atoms with E-state index >= 15 is 0 Å². The highest BCUT2D eigenvalue weighted by Gasteiger charge is 2.29. The number of hydrogen-bond donors (Lipinski definition) is 1. The molecule has 5 heteroatoms. The van der Waals surface area contributed by atoms with Gasteiger partial charge in [-0.3, -0.25) is 4.79 Å². The lowest BCUT2D eigenvalue weighted by Gasteiger charge is -2.34. The van der Waals surface area contributed by atoms with Crippen LogP contribution in [0.2, 0.25) is 0 Å². The average Bonchev–Trinajstić information content (AvgIpc) is 2.26. The molecule has 3 nitrogen and oxygen atoms in total. The van der Waals surface area contributed by atoms with E-state index in [-0.39, 0.29) is 17.2 Å². The Kier molecular flexibility index (Phi) is 3.90. The van der Waals surface area contributed by atoms with Crippen molar-refractivity contribution in [3.8, 4) is 5.75 Å². The van der Waals surface area contributed by atoms with E-state index in [1.54, 1.807) is 11.9 Å². The number of aromatic hydroxyl groups is 1. The number of phenolic OH excluding ortho intramolecular Hbond substituents is 1. The number of rotatable bonds is 3. The van der Waals surface area contributed by atoms with Crippen molar-refractivity contribution in [1.29, 1.82) is 0 Å². The molecule has 0 heterocycles. The normalized spacial score (nSPS) is 22.4. The maximum atomic E-state index is 12.8. The molecule has 0 aromatic heterocycles. The van der Waals surface area contributed by atoms with Crippen LogP contribution in [0.4, 0.5) is 4.39 Å². The first-order valence-corrected chi connectivity index (χ1v) is 6.77. The second-order valence-corrected chi connectivity index (χ2v) is 6.08. The minimum absolute atomic E-state index is 0.147. The smallest absolute Gasteiger partial charge is 0.257 e. The van der Waals surface area contributed by atoms with Crippen LogP contribution >= 0.6 is 15.9 Å². The fourth-order valence-electron chi connectivity index (χ4n) is 2.16. The van der Waals surface area contributed by atoms with Gasteiger partial charge in [0.05, 0.1) is 5.56 Å². The summed E-state index contributed by atoms with van der Waals surface area (Å²) < 4.78 is 12.8. The molecule has 1 fully saturated rings. The van der Waals surface area contributed by atoms with E-state index in [1.165, 1.54) is 12.1 Å². The Labute approximate surface area is 114 Å². The molecule has 0 saturated heterocycles. The highest BCUT2D eigenvalue weighted by Crippen LogP contribution is 2.34. The van der Waals surface area contributed by atoms with Crippen LogP contribution < -0.4 is 0 Å². The summed E-state index contributed by atoms with van der Waals surface area (Å²) in [6, 6.07) is 3.45. The fraction of sp³-hybridized carbons (Fsp3) is 0.462. The van der Waals surface area contributed by atoms with Crippen molar-refractivity contribution in [3.05, 3.63) is 29.6 Å². The topological polar surface area (TPSA) is 40.5 Å². The standard InChI is InChI=1S/C13H15BrFNO2/c1-16(7-8-4-9(14)5-8)13(18)11-3-2-10(15)6-12(11)17/h2-3,6,8-9,17H,4-5,7H2,1H3. The lowest BCUT2D eigenvalue weighted by Crippen LogP contribution is -2.37. The summed E-state index contributed by atoms with van der Waals surface area (Å²) in [7, 11) is 1.70. The zero-order valence-corrected chi connectivity index (χ0v) is 11.7. The molecule has 1 N–H and O–H groups in total. The van der Waals surface area contributed by atoms with Crippen molar-refractivity contribution in [1.82, 2.24) is 4.90 Å². The number of nitrogens with zero attached hydrogens (tertiary/aromatic N) is 1. The third kappa shape index (κ3) is 2.83. The lowest BCUT2D eigenvalue weighted by atomic mass is 9.85. The molecule has 2 rings (SSSR count). The molecule has 18 heavy (non-hydrogen) atoms. The van der Waals surface area contributed by atoms with Gasteiger partial charge in [0.2, 0.25) is 0 Å². The maximum absolute atomic E-state index is 12.8. The van der Waals surface area contributed by atoms with E-state index in [2.05, 4.69) is 15.9 Å². The van der Waals surface area contributed by atoms with Crippen LogP contribution in [0.3, 0.4) is 0 Å². The first-order chi connectivity index (χ1) is 8.47. The zero-order chi connectivity index (χ0) is 13.3. The average molecular weight is 316 g/mol. The van der Waals surface area contributed by atoms with Gasteiger partial charge in [-0.05, 0) is 30.9 Å². The Hall–Kier alpha value is -1.10. The Morgan fingerprint density at radius 3 is 2.78 bits per heavy atom. The molecular formula is C13H15BrFNO2. The number of phenols is 1. The molecule has 0 radical (unpaired) electrons. The van der Waals surface area contributed by atoms with Gasteiger partial charge in [0.25, 0.3) is 5.91 Å². The monoisotopic (exact) mass is 315 g/mol. The minimum atomic E-state index is -0.548. The Balaban J connectivity index is 2.01. The van der Waals surface area contributed by atoms with Gasteiger partial charge in [-0.1, -0.05) is 15.9 Å². The molecule has 0 aliphatic heterocycles.